The highest BCUT2D eigenvalue weighted by atomic mass is 32.2. The maximum absolute atomic E-state index is 13.0. The number of aromatic nitrogens is 2. The van der Waals surface area contributed by atoms with E-state index in [1.54, 1.807) is 17.8 Å². The number of nitrogens with zero attached hydrogens (tertiary/aromatic N) is 3. The molecule has 2 fully saturated rings. The minimum Gasteiger partial charge on any atom is -0.379 e. The fourth-order valence-corrected chi connectivity index (χ4v) is 6.93. The first-order chi connectivity index (χ1) is 14.5. The zero-order valence-corrected chi connectivity index (χ0v) is 19.5. The van der Waals surface area contributed by atoms with E-state index in [4.69, 9.17) is 9.72 Å². The van der Waals surface area contributed by atoms with Gasteiger partial charge in [0, 0.05) is 30.6 Å². The Kier molecular flexibility index (Phi) is 6.87. The van der Waals surface area contributed by atoms with Crippen LogP contribution in [-0.4, -0.2) is 48.6 Å². The molecule has 2 heterocycles. The summed E-state index contributed by atoms with van der Waals surface area (Å²) in [6.45, 7) is 5.98. The molecule has 1 aromatic heterocycles. The van der Waals surface area contributed by atoms with Gasteiger partial charge in [0.05, 0.1) is 23.8 Å². The number of hydrogen-bond acceptors (Lipinski definition) is 5. The van der Waals surface area contributed by atoms with Gasteiger partial charge in [0.2, 0.25) is 10.0 Å². The van der Waals surface area contributed by atoms with Gasteiger partial charge in [0.25, 0.3) is 0 Å². The second-order valence-electron chi connectivity index (χ2n) is 8.18. The molecule has 2 aliphatic rings. The third-order valence-corrected chi connectivity index (χ3v) is 9.09. The van der Waals surface area contributed by atoms with Crippen molar-refractivity contribution in [2.45, 2.75) is 67.8 Å². The molecule has 0 bridgehead atoms. The number of rotatable bonds is 6. The summed E-state index contributed by atoms with van der Waals surface area (Å²) in [5, 5.41) is 1.05. The molecular weight excluding hydrogens is 418 g/mol. The Labute approximate surface area is 184 Å². The smallest absolute Gasteiger partial charge is 0.243 e. The first-order valence-electron chi connectivity index (χ1n) is 10.8. The van der Waals surface area contributed by atoms with Crippen LogP contribution in [0.4, 0.5) is 0 Å². The van der Waals surface area contributed by atoms with Crippen molar-refractivity contribution >= 4 is 21.8 Å². The second-order valence-corrected chi connectivity index (χ2v) is 11.1. The Balaban J connectivity index is 1.51. The Hall–Kier alpha value is -1.35. The molecule has 1 aromatic carbocycles. The zero-order valence-electron chi connectivity index (χ0n) is 17.8. The van der Waals surface area contributed by atoms with Gasteiger partial charge < -0.3 is 9.30 Å². The largest absolute Gasteiger partial charge is 0.379 e. The van der Waals surface area contributed by atoms with Crippen LogP contribution in [0.2, 0.25) is 0 Å². The number of imidazole rings is 1. The minimum absolute atomic E-state index is 0.366. The average molecular weight is 450 g/mol. The van der Waals surface area contributed by atoms with E-state index in [1.165, 1.54) is 42.1 Å². The molecule has 6 nitrogen and oxygen atoms in total. The van der Waals surface area contributed by atoms with Crippen LogP contribution in [0.1, 0.15) is 55.1 Å². The molecule has 164 valence electrons. The van der Waals surface area contributed by atoms with Crippen LogP contribution in [0.5, 0.6) is 0 Å². The number of sulfonamides is 1. The van der Waals surface area contributed by atoms with Crippen LogP contribution in [0, 0.1) is 13.8 Å². The molecule has 1 aliphatic carbocycles. The molecule has 0 unspecified atom stereocenters. The number of hydrogen-bond donors (Lipinski definition) is 0. The zero-order chi connectivity index (χ0) is 21.1. The van der Waals surface area contributed by atoms with Crippen molar-refractivity contribution < 1.29 is 13.2 Å². The van der Waals surface area contributed by atoms with Crippen molar-refractivity contribution in [2.75, 3.05) is 26.3 Å². The highest BCUT2D eigenvalue weighted by molar-refractivity contribution is 7.98. The minimum atomic E-state index is -3.47. The lowest BCUT2D eigenvalue weighted by molar-refractivity contribution is 0.0730. The van der Waals surface area contributed by atoms with Gasteiger partial charge in [-0.15, -0.1) is 0 Å². The molecule has 1 saturated heterocycles. The number of morpholine rings is 1. The SMILES string of the molecule is Cc1nc(SCc2cccc(S(=O)(=O)N3CCOCC3)c2)n(C2CCCCC2)c1C. The number of thioether (sulfide) groups is 1. The van der Waals surface area contributed by atoms with Crippen LogP contribution in [0.25, 0.3) is 0 Å². The molecule has 1 saturated carbocycles. The average Bonchev–Trinajstić information content (AvgIpc) is 3.07. The van der Waals surface area contributed by atoms with E-state index in [9.17, 15) is 8.42 Å². The molecule has 0 atom stereocenters. The summed E-state index contributed by atoms with van der Waals surface area (Å²) in [6.07, 6.45) is 6.34. The lowest BCUT2D eigenvalue weighted by Crippen LogP contribution is -2.40. The van der Waals surface area contributed by atoms with Crippen LogP contribution in [0.15, 0.2) is 34.3 Å². The van der Waals surface area contributed by atoms with Crippen LogP contribution >= 0.6 is 11.8 Å². The summed E-state index contributed by atoms with van der Waals surface area (Å²) in [5.41, 5.74) is 3.35. The van der Waals surface area contributed by atoms with Crippen LogP contribution in [-0.2, 0) is 20.5 Å². The van der Waals surface area contributed by atoms with Gasteiger partial charge >= 0.3 is 0 Å². The fourth-order valence-electron chi connectivity index (χ4n) is 4.35. The molecule has 4 rings (SSSR count). The number of aryl methyl sites for hydroxylation is 1. The first-order valence-corrected chi connectivity index (χ1v) is 13.2. The van der Waals surface area contributed by atoms with Gasteiger partial charge in [-0.25, -0.2) is 13.4 Å². The number of ether oxygens (including phenoxy) is 1. The molecule has 0 amide bonds. The van der Waals surface area contributed by atoms with E-state index in [-0.39, 0.29) is 0 Å². The van der Waals surface area contributed by atoms with Gasteiger partial charge in [-0.2, -0.15) is 4.31 Å². The second kappa shape index (κ2) is 9.42. The molecule has 1 aliphatic heterocycles. The van der Waals surface area contributed by atoms with Crippen molar-refractivity contribution in [3.63, 3.8) is 0 Å². The summed E-state index contributed by atoms with van der Waals surface area (Å²) in [6, 6.07) is 7.88. The van der Waals surface area contributed by atoms with E-state index < -0.39 is 10.0 Å². The summed E-state index contributed by atoms with van der Waals surface area (Å²) < 4.78 is 35.2. The predicted molar refractivity (Wildman–Crippen MR) is 119 cm³/mol. The Morgan fingerprint density at radius 3 is 2.60 bits per heavy atom. The van der Waals surface area contributed by atoms with Crippen molar-refractivity contribution in [1.82, 2.24) is 13.9 Å². The van der Waals surface area contributed by atoms with Gasteiger partial charge in [0.1, 0.15) is 0 Å². The lowest BCUT2D eigenvalue weighted by atomic mass is 9.95. The van der Waals surface area contributed by atoms with Crippen molar-refractivity contribution in [2.24, 2.45) is 0 Å². The van der Waals surface area contributed by atoms with Gasteiger partial charge in [-0.05, 0) is 44.4 Å². The third kappa shape index (κ3) is 4.61. The summed E-state index contributed by atoms with van der Waals surface area (Å²) in [5.74, 6) is 0.703. The standard InChI is InChI=1S/C22H31N3O3S2/c1-17-18(2)25(20-8-4-3-5-9-20)22(23-17)29-16-19-7-6-10-21(15-19)30(26,27)24-11-13-28-14-12-24/h6-7,10,15,20H,3-5,8-9,11-14,16H2,1-2H3. The molecule has 0 N–H and O–H groups in total. The Morgan fingerprint density at radius 2 is 1.87 bits per heavy atom. The Bertz CT molecular complexity index is 976. The highest BCUT2D eigenvalue weighted by Crippen LogP contribution is 2.35. The summed E-state index contributed by atoms with van der Waals surface area (Å²) in [7, 11) is -3.47. The maximum Gasteiger partial charge on any atom is 0.243 e. The van der Waals surface area contributed by atoms with Crippen molar-refractivity contribution in [3.05, 3.63) is 41.2 Å². The van der Waals surface area contributed by atoms with E-state index in [0.29, 0.717) is 43.0 Å². The molecule has 0 spiro atoms. The predicted octanol–water partition coefficient (Wildman–Crippen LogP) is 4.32. The molecular formula is C22H31N3O3S2. The summed E-state index contributed by atoms with van der Waals surface area (Å²) >= 11 is 1.71. The van der Waals surface area contributed by atoms with E-state index >= 15 is 0 Å². The molecule has 0 radical (unpaired) electrons. The van der Waals surface area contributed by atoms with E-state index in [2.05, 4.69) is 18.4 Å². The molecule has 8 heteroatoms. The van der Waals surface area contributed by atoms with Crippen LogP contribution < -0.4 is 0 Å². The first kappa shape index (κ1) is 21.9. The molecule has 30 heavy (non-hydrogen) atoms. The lowest BCUT2D eigenvalue weighted by Gasteiger charge is -2.26. The van der Waals surface area contributed by atoms with Gasteiger partial charge in [-0.3, -0.25) is 0 Å². The quantitative estimate of drug-likeness (QED) is 0.615. The fraction of sp³-hybridized carbons (Fsp3) is 0.591. The summed E-state index contributed by atoms with van der Waals surface area (Å²) in [4.78, 5) is 5.20. The highest BCUT2D eigenvalue weighted by Gasteiger charge is 2.26. The third-order valence-electron chi connectivity index (χ3n) is 6.17. The topological polar surface area (TPSA) is 64.4 Å². The van der Waals surface area contributed by atoms with Crippen molar-refractivity contribution in [1.29, 1.82) is 0 Å². The maximum atomic E-state index is 13.0. The number of benzene rings is 1. The van der Waals surface area contributed by atoms with Gasteiger partial charge in [-0.1, -0.05) is 43.2 Å². The van der Waals surface area contributed by atoms with E-state index in [0.717, 1.165) is 16.4 Å². The van der Waals surface area contributed by atoms with Gasteiger partial charge in [0.15, 0.2) is 5.16 Å². The Morgan fingerprint density at radius 1 is 1.13 bits per heavy atom. The monoisotopic (exact) mass is 449 g/mol. The van der Waals surface area contributed by atoms with Crippen molar-refractivity contribution in [3.8, 4) is 0 Å². The van der Waals surface area contributed by atoms with E-state index in [1.807, 2.05) is 18.2 Å². The molecule has 2 aromatic rings. The normalized spacial score (nSPS) is 19.3. The van der Waals surface area contributed by atoms with Crippen LogP contribution in [0.3, 0.4) is 0 Å².